The van der Waals surface area contributed by atoms with Crippen molar-refractivity contribution in [3.05, 3.63) is 126 Å². The molecule has 0 amide bonds. The maximum absolute atomic E-state index is 2.51. The minimum absolute atomic E-state index is 0.659. The van der Waals surface area contributed by atoms with Crippen LogP contribution in [0.5, 0.6) is 0 Å². The number of fused-ring (bicyclic) bond motifs is 2. The molecule has 4 heteroatoms. The molecule has 0 aromatic carbocycles. The highest BCUT2D eigenvalue weighted by Crippen LogP contribution is 2.44. The molecule has 2 aliphatic rings. The van der Waals surface area contributed by atoms with Crippen LogP contribution in [0.3, 0.4) is 0 Å². The summed E-state index contributed by atoms with van der Waals surface area (Å²) >= 11 is 7.67. The van der Waals surface area contributed by atoms with Crippen molar-refractivity contribution < 1.29 is 0 Å². The molecule has 0 fully saturated rings. The van der Waals surface area contributed by atoms with Gasteiger partial charge in [-0.3, -0.25) is 0 Å². The summed E-state index contributed by atoms with van der Waals surface area (Å²) in [6, 6.07) is 13.9. The van der Waals surface area contributed by atoms with Crippen LogP contribution in [-0.2, 0) is 12.8 Å². The van der Waals surface area contributed by atoms with Gasteiger partial charge in [0.25, 0.3) is 0 Å². The van der Waals surface area contributed by atoms with E-state index in [1.807, 2.05) is 45.3 Å². The first-order valence-electron chi connectivity index (χ1n) is 16.0. The molecule has 0 saturated carbocycles. The van der Waals surface area contributed by atoms with Gasteiger partial charge in [-0.15, -0.1) is 45.3 Å². The van der Waals surface area contributed by atoms with Crippen molar-refractivity contribution in [2.24, 2.45) is 0 Å². The van der Waals surface area contributed by atoms with Crippen LogP contribution in [0.15, 0.2) is 100 Å². The zero-order valence-electron chi connectivity index (χ0n) is 25.4. The van der Waals surface area contributed by atoms with Crippen LogP contribution in [-0.4, -0.2) is 0 Å². The fraction of sp³-hybridized carbons (Fsp3) is 0.333. The van der Waals surface area contributed by atoms with Gasteiger partial charge < -0.3 is 0 Å². The van der Waals surface area contributed by atoms with Gasteiger partial charge in [0, 0.05) is 24.4 Å². The molecule has 2 aliphatic carbocycles. The molecule has 222 valence electrons. The lowest BCUT2D eigenvalue weighted by molar-refractivity contribution is 0.611. The Kier molecular flexibility index (Phi) is 10.6. The van der Waals surface area contributed by atoms with Crippen molar-refractivity contribution in [2.75, 3.05) is 0 Å². The normalized spacial score (nSPS) is 15.4. The molecule has 0 nitrogen and oxygen atoms in total. The third-order valence-corrected chi connectivity index (χ3v) is 13.0. The molecule has 0 N–H and O–H groups in total. The lowest BCUT2D eigenvalue weighted by Gasteiger charge is -2.10. The maximum atomic E-state index is 2.51. The van der Waals surface area contributed by atoms with Gasteiger partial charge in [0.2, 0.25) is 0 Å². The average molecular weight is 639 g/mol. The summed E-state index contributed by atoms with van der Waals surface area (Å²) in [5.74, 6) is 0.659. The fourth-order valence-electron chi connectivity index (χ4n) is 6.16. The Labute approximate surface area is 274 Å². The molecule has 0 radical (unpaired) electrons. The number of aryl methyl sites for hydroxylation is 2. The van der Waals surface area contributed by atoms with Crippen molar-refractivity contribution in [3.8, 4) is 9.75 Å². The van der Waals surface area contributed by atoms with Gasteiger partial charge in [-0.1, -0.05) is 88.1 Å². The van der Waals surface area contributed by atoms with Crippen molar-refractivity contribution >= 4 is 56.5 Å². The average Bonchev–Trinajstić information content (AvgIpc) is 3.83. The van der Waals surface area contributed by atoms with E-state index in [-0.39, 0.29) is 0 Å². The first kappa shape index (κ1) is 30.5. The lowest BCUT2D eigenvalue weighted by Crippen LogP contribution is -1.92. The molecule has 6 rings (SSSR count). The van der Waals surface area contributed by atoms with Crippen LogP contribution >= 0.6 is 45.3 Å². The highest BCUT2D eigenvalue weighted by Gasteiger charge is 2.20. The Bertz CT molecular complexity index is 1630. The largest absolute Gasteiger partial charge is 0.149 e. The van der Waals surface area contributed by atoms with E-state index in [9.17, 15) is 0 Å². The minimum Gasteiger partial charge on any atom is -0.149 e. The van der Waals surface area contributed by atoms with Crippen LogP contribution in [0.4, 0.5) is 0 Å². The topological polar surface area (TPSA) is 0 Å². The van der Waals surface area contributed by atoms with E-state index in [1.54, 1.807) is 0 Å². The van der Waals surface area contributed by atoms with Gasteiger partial charge in [0.05, 0.1) is 0 Å². The van der Waals surface area contributed by atoms with Gasteiger partial charge in [-0.05, 0) is 118 Å². The van der Waals surface area contributed by atoms with E-state index in [0.717, 1.165) is 12.8 Å². The van der Waals surface area contributed by atoms with Gasteiger partial charge >= 0.3 is 0 Å². The molecular weight excluding hydrogens is 597 g/mol. The smallest absolute Gasteiger partial charge is 0.0481 e. The second-order valence-electron chi connectivity index (χ2n) is 11.8. The number of allylic oxidation sites excluding steroid dienone is 10. The minimum atomic E-state index is 0.659. The van der Waals surface area contributed by atoms with Crippen molar-refractivity contribution in [2.45, 2.75) is 84.0 Å². The summed E-state index contributed by atoms with van der Waals surface area (Å²) in [6.07, 6.45) is 26.4. The monoisotopic (exact) mass is 638 g/mol. The first-order chi connectivity index (χ1) is 21.2. The van der Waals surface area contributed by atoms with Crippen LogP contribution < -0.4 is 0 Å². The zero-order valence-corrected chi connectivity index (χ0v) is 28.7. The number of hydrogen-bond acceptors (Lipinski definition) is 4. The maximum Gasteiger partial charge on any atom is 0.0481 e. The van der Waals surface area contributed by atoms with E-state index >= 15 is 0 Å². The van der Waals surface area contributed by atoms with E-state index in [1.165, 1.54) is 109 Å². The summed E-state index contributed by atoms with van der Waals surface area (Å²) in [4.78, 5) is 7.21. The summed E-state index contributed by atoms with van der Waals surface area (Å²) in [7, 11) is 0. The van der Waals surface area contributed by atoms with Gasteiger partial charge in [-0.25, -0.2) is 0 Å². The van der Waals surface area contributed by atoms with Crippen LogP contribution in [0, 0.1) is 0 Å². The molecule has 43 heavy (non-hydrogen) atoms. The second-order valence-corrected chi connectivity index (χ2v) is 15.7. The summed E-state index contributed by atoms with van der Waals surface area (Å²) in [5.41, 5.74) is 8.66. The van der Waals surface area contributed by atoms with E-state index in [4.69, 9.17) is 0 Å². The predicted molar refractivity (Wildman–Crippen MR) is 196 cm³/mol. The summed E-state index contributed by atoms with van der Waals surface area (Å²) in [5, 5.41) is 6.80. The van der Waals surface area contributed by atoms with E-state index < -0.39 is 0 Å². The molecular formula is C39H42S4. The van der Waals surface area contributed by atoms with Crippen molar-refractivity contribution in [1.29, 1.82) is 0 Å². The third-order valence-electron chi connectivity index (χ3n) is 8.61. The Morgan fingerprint density at radius 3 is 2.49 bits per heavy atom. The Hall–Kier alpha value is -2.50. The highest BCUT2D eigenvalue weighted by molar-refractivity contribution is 7.22. The van der Waals surface area contributed by atoms with E-state index in [0.29, 0.717) is 5.92 Å². The van der Waals surface area contributed by atoms with Gasteiger partial charge in [-0.2, -0.15) is 0 Å². The molecule has 1 atom stereocenters. The fourth-order valence-corrected chi connectivity index (χ4v) is 10.1. The number of thiophene rings is 4. The molecule has 2 bridgehead atoms. The third kappa shape index (κ3) is 7.60. The molecule has 4 aromatic heterocycles. The number of unbranched alkanes of at least 4 members (excludes halogenated alkanes) is 4. The molecule has 0 spiro atoms. The Morgan fingerprint density at radius 2 is 1.65 bits per heavy atom. The van der Waals surface area contributed by atoms with Crippen molar-refractivity contribution in [3.63, 3.8) is 0 Å². The van der Waals surface area contributed by atoms with Crippen LogP contribution in [0.1, 0.15) is 96.9 Å². The van der Waals surface area contributed by atoms with E-state index in [2.05, 4.69) is 103 Å². The van der Waals surface area contributed by atoms with Crippen LogP contribution in [0.2, 0.25) is 0 Å². The highest BCUT2D eigenvalue weighted by atomic mass is 32.1. The standard InChI is InChI=1S/C39H42S4/c1-3-4-5-6-14-29-24-37(42-27-29)33-18-9-17-31-25-30(33)16-10-19-34(31)38-26-32(39(43-38)36-21-12-23-41-36)15-8-7-13-28(2)35-20-11-22-40-35/h9-12,16-24,26-28H,3-8,13-15,25H2,1-2H3. The summed E-state index contributed by atoms with van der Waals surface area (Å²) < 4.78 is 0. The Morgan fingerprint density at radius 1 is 0.791 bits per heavy atom. The SMILES string of the molecule is CCCCCCc1csc(C2=CC=CC3=C(c4cc(CCCCC(C)c5cccs5)c(-c5cccs5)s4)C=CC=C2C3)c1. The number of hydrogen-bond donors (Lipinski definition) is 0. The first-order valence-corrected chi connectivity index (χ1v) is 19.4. The molecule has 0 aliphatic heterocycles. The molecule has 1 unspecified atom stereocenters. The molecule has 4 heterocycles. The molecule has 0 saturated heterocycles. The van der Waals surface area contributed by atoms with Gasteiger partial charge in [0.15, 0.2) is 0 Å². The van der Waals surface area contributed by atoms with Crippen LogP contribution in [0.25, 0.3) is 20.9 Å². The predicted octanol–water partition coefficient (Wildman–Crippen LogP) is 13.5. The lowest BCUT2D eigenvalue weighted by atomic mass is 9.96. The van der Waals surface area contributed by atoms with Gasteiger partial charge in [0.1, 0.15) is 0 Å². The second kappa shape index (κ2) is 15.0. The summed E-state index contributed by atoms with van der Waals surface area (Å²) in [6.45, 7) is 4.67. The molecule has 4 aromatic rings. The number of rotatable bonds is 14. The Balaban J connectivity index is 1.18. The quantitative estimate of drug-likeness (QED) is 0.121. The van der Waals surface area contributed by atoms with Crippen molar-refractivity contribution in [1.82, 2.24) is 0 Å². The zero-order chi connectivity index (χ0) is 29.4.